The molecule has 26 heavy (non-hydrogen) atoms. The van der Waals surface area contributed by atoms with E-state index >= 15 is 0 Å². The number of amides is 2. The second kappa shape index (κ2) is 11.2. The smallest absolute Gasteiger partial charge is 0.253 e. The van der Waals surface area contributed by atoms with E-state index in [1.54, 1.807) is 24.3 Å². The fraction of sp³-hybridized carbons (Fsp3) is 0.600. The molecule has 1 aromatic rings. The molecule has 0 spiro atoms. The standard InChI is InChI=1S/C20H31N3O2.ClH/c1-3-11-23(12-4-2)20(25)16-8-5-7-15(13-16)19(24)22-18-10-6-9-17(18)14-21;/h5,7-8,13,17-18H,3-4,6,9-12,14,21H2,1-2H3,(H,22,24);1H. The Morgan fingerprint density at radius 3 is 2.42 bits per heavy atom. The lowest BCUT2D eigenvalue weighted by Crippen LogP contribution is -2.40. The maximum Gasteiger partial charge on any atom is 0.253 e. The number of nitrogens with zero attached hydrogens (tertiary/aromatic N) is 1. The molecule has 1 saturated carbocycles. The first-order chi connectivity index (χ1) is 12.1. The number of halogens is 1. The summed E-state index contributed by atoms with van der Waals surface area (Å²) in [4.78, 5) is 27.2. The van der Waals surface area contributed by atoms with Crippen LogP contribution in [-0.2, 0) is 0 Å². The number of nitrogens with one attached hydrogen (secondary N) is 1. The molecule has 1 fully saturated rings. The van der Waals surface area contributed by atoms with Gasteiger partial charge in [-0.25, -0.2) is 0 Å². The Hall–Kier alpha value is -1.59. The molecule has 0 radical (unpaired) electrons. The van der Waals surface area contributed by atoms with Crippen LogP contribution in [0.25, 0.3) is 0 Å². The molecule has 0 heterocycles. The molecule has 3 N–H and O–H groups in total. The zero-order chi connectivity index (χ0) is 18.2. The maximum absolute atomic E-state index is 12.7. The van der Waals surface area contributed by atoms with Gasteiger partial charge in [-0.1, -0.05) is 26.3 Å². The lowest BCUT2D eigenvalue weighted by Gasteiger charge is -2.22. The number of nitrogens with two attached hydrogens (primary N) is 1. The van der Waals surface area contributed by atoms with E-state index in [0.29, 0.717) is 23.6 Å². The van der Waals surface area contributed by atoms with Crippen molar-refractivity contribution in [2.24, 2.45) is 11.7 Å². The van der Waals surface area contributed by atoms with Gasteiger partial charge in [0.1, 0.15) is 0 Å². The molecular weight excluding hydrogens is 350 g/mol. The van der Waals surface area contributed by atoms with Crippen molar-refractivity contribution in [2.45, 2.75) is 52.0 Å². The predicted octanol–water partition coefficient (Wildman–Crippen LogP) is 3.23. The lowest BCUT2D eigenvalue weighted by molar-refractivity contribution is 0.0755. The molecule has 146 valence electrons. The molecule has 1 aliphatic rings. The van der Waals surface area contributed by atoms with Gasteiger partial charge in [-0.05, 0) is 56.3 Å². The van der Waals surface area contributed by atoms with Crippen molar-refractivity contribution >= 4 is 24.2 Å². The van der Waals surface area contributed by atoms with Crippen molar-refractivity contribution < 1.29 is 9.59 Å². The van der Waals surface area contributed by atoms with Crippen LogP contribution in [0.5, 0.6) is 0 Å². The topological polar surface area (TPSA) is 75.4 Å². The van der Waals surface area contributed by atoms with Gasteiger partial charge in [0.2, 0.25) is 0 Å². The van der Waals surface area contributed by atoms with E-state index in [4.69, 9.17) is 5.73 Å². The minimum Gasteiger partial charge on any atom is -0.349 e. The van der Waals surface area contributed by atoms with Crippen LogP contribution in [0.2, 0.25) is 0 Å². The maximum atomic E-state index is 12.7. The molecule has 6 heteroatoms. The number of rotatable bonds is 8. The summed E-state index contributed by atoms with van der Waals surface area (Å²) in [7, 11) is 0. The van der Waals surface area contributed by atoms with Crippen LogP contribution < -0.4 is 11.1 Å². The van der Waals surface area contributed by atoms with Gasteiger partial charge in [-0.2, -0.15) is 0 Å². The van der Waals surface area contributed by atoms with Crippen LogP contribution in [0.4, 0.5) is 0 Å². The lowest BCUT2D eigenvalue weighted by atomic mass is 10.0. The summed E-state index contributed by atoms with van der Waals surface area (Å²) >= 11 is 0. The first-order valence-electron chi connectivity index (χ1n) is 9.50. The minimum atomic E-state index is -0.113. The summed E-state index contributed by atoms with van der Waals surface area (Å²) in [6.45, 7) is 6.21. The average molecular weight is 382 g/mol. The van der Waals surface area contributed by atoms with Gasteiger partial charge < -0.3 is 16.0 Å². The molecule has 0 aliphatic heterocycles. The van der Waals surface area contributed by atoms with Gasteiger partial charge in [0, 0.05) is 30.3 Å². The molecule has 5 nitrogen and oxygen atoms in total. The van der Waals surface area contributed by atoms with E-state index in [9.17, 15) is 9.59 Å². The van der Waals surface area contributed by atoms with Crippen LogP contribution in [-0.4, -0.2) is 42.4 Å². The Morgan fingerprint density at radius 2 is 1.81 bits per heavy atom. The fourth-order valence-electron chi connectivity index (χ4n) is 3.59. The first kappa shape index (κ1) is 22.5. The third kappa shape index (κ3) is 5.71. The van der Waals surface area contributed by atoms with Gasteiger partial charge in [0.25, 0.3) is 11.8 Å². The zero-order valence-electron chi connectivity index (χ0n) is 15.9. The second-order valence-electron chi connectivity index (χ2n) is 6.88. The summed E-state index contributed by atoms with van der Waals surface area (Å²) in [6, 6.07) is 7.20. The molecule has 1 aromatic carbocycles. The molecular formula is C20H32ClN3O2. The van der Waals surface area contributed by atoms with Gasteiger partial charge in [-0.15, -0.1) is 12.4 Å². The molecule has 0 saturated heterocycles. The molecule has 2 atom stereocenters. The largest absolute Gasteiger partial charge is 0.349 e. The predicted molar refractivity (Wildman–Crippen MR) is 108 cm³/mol. The van der Waals surface area contributed by atoms with Crippen LogP contribution in [0, 0.1) is 5.92 Å². The van der Waals surface area contributed by atoms with E-state index < -0.39 is 0 Å². The molecule has 0 bridgehead atoms. The van der Waals surface area contributed by atoms with Crippen LogP contribution in [0.1, 0.15) is 66.7 Å². The van der Waals surface area contributed by atoms with Crippen LogP contribution >= 0.6 is 12.4 Å². The minimum absolute atomic E-state index is 0. The van der Waals surface area contributed by atoms with Crippen molar-refractivity contribution in [2.75, 3.05) is 19.6 Å². The van der Waals surface area contributed by atoms with Crippen molar-refractivity contribution in [1.82, 2.24) is 10.2 Å². The van der Waals surface area contributed by atoms with Crippen LogP contribution in [0.15, 0.2) is 24.3 Å². The van der Waals surface area contributed by atoms with Crippen molar-refractivity contribution in [3.8, 4) is 0 Å². The number of benzene rings is 1. The molecule has 0 aromatic heterocycles. The number of hydrogen-bond acceptors (Lipinski definition) is 3. The van der Waals surface area contributed by atoms with Crippen molar-refractivity contribution in [1.29, 1.82) is 0 Å². The van der Waals surface area contributed by atoms with E-state index in [1.165, 1.54) is 0 Å². The number of carbonyl (C=O) groups is 2. The van der Waals surface area contributed by atoms with Gasteiger partial charge in [-0.3, -0.25) is 9.59 Å². The number of carbonyl (C=O) groups excluding carboxylic acids is 2. The Morgan fingerprint density at radius 1 is 1.15 bits per heavy atom. The van der Waals surface area contributed by atoms with Gasteiger partial charge in [0.05, 0.1) is 0 Å². The SMILES string of the molecule is CCCN(CCC)C(=O)c1cccc(C(=O)NC2CCCC2CN)c1.Cl. The van der Waals surface area contributed by atoms with Crippen molar-refractivity contribution in [3.63, 3.8) is 0 Å². The van der Waals surface area contributed by atoms with Gasteiger partial charge in [0.15, 0.2) is 0 Å². The zero-order valence-corrected chi connectivity index (χ0v) is 16.7. The first-order valence-corrected chi connectivity index (χ1v) is 9.50. The highest BCUT2D eigenvalue weighted by Crippen LogP contribution is 2.25. The van der Waals surface area contributed by atoms with Gasteiger partial charge >= 0.3 is 0 Å². The summed E-state index contributed by atoms with van der Waals surface area (Å²) in [5, 5.41) is 3.10. The molecule has 2 rings (SSSR count). The second-order valence-corrected chi connectivity index (χ2v) is 6.88. The Bertz CT molecular complexity index is 588. The van der Waals surface area contributed by atoms with E-state index in [2.05, 4.69) is 19.2 Å². The third-order valence-electron chi connectivity index (χ3n) is 4.92. The van der Waals surface area contributed by atoms with Crippen molar-refractivity contribution in [3.05, 3.63) is 35.4 Å². The highest BCUT2D eigenvalue weighted by molar-refractivity contribution is 5.99. The highest BCUT2D eigenvalue weighted by atomic mass is 35.5. The Kier molecular flexibility index (Phi) is 9.66. The summed E-state index contributed by atoms with van der Waals surface area (Å²) in [5.41, 5.74) is 6.91. The highest BCUT2D eigenvalue weighted by Gasteiger charge is 2.27. The quantitative estimate of drug-likeness (QED) is 0.725. The fourth-order valence-corrected chi connectivity index (χ4v) is 3.59. The molecule has 1 aliphatic carbocycles. The number of hydrogen-bond donors (Lipinski definition) is 2. The summed E-state index contributed by atoms with van der Waals surface area (Å²) in [5.74, 6) is 0.245. The summed E-state index contributed by atoms with van der Waals surface area (Å²) < 4.78 is 0. The third-order valence-corrected chi connectivity index (χ3v) is 4.92. The normalized spacial score (nSPS) is 18.9. The summed E-state index contributed by atoms with van der Waals surface area (Å²) in [6.07, 6.45) is 5.01. The Balaban J connectivity index is 0.00000338. The Labute approximate surface area is 163 Å². The van der Waals surface area contributed by atoms with E-state index in [1.807, 2.05) is 4.90 Å². The van der Waals surface area contributed by atoms with E-state index in [-0.39, 0.29) is 30.3 Å². The van der Waals surface area contributed by atoms with E-state index in [0.717, 1.165) is 45.2 Å². The average Bonchev–Trinajstić information content (AvgIpc) is 3.08. The molecule has 2 amide bonds. The van der Waals surface area contributed by atoms with Crippen LogP contribution in [0.3, 0.4) is 0 Å². The monoisotopic (exact) mass is 381 g/mol. The molecule has 2 unspecified atom stereocenters.